The lowest BCUT2D eigenvalue weighted by Crippen LogP contribution is -2.29. The summed E-state index contributed by atoms with van der Waals surface area (Å²) >= 11 is 6.76. The molecule has 0 bridgehead atoms. The predicted octanol–water partition coefficient (Wildman–Crippen LogP) is 3.04. The summed E-state index contributed by atoms with van der Waals surface area (Å²) in [4.78, 5) is 1.40. The summed E-state index contributed by atoms with van der Waals surface area (Å²) in [5, 5.41) is 3.29. The van der Waals surface area contributed by atoms with E-state index in [0.29, 0.717) is 27.7 Å². The molecule has 0 spiro atoms. The van der Waals surface area contributed by atoms with Crippen LogP contribution in [0.4, 0.5) is 0 Å². The quantitative estimate of drug-likeness (QED) is 0.644. The molecule has 1 fully saturated rings. The highest BCUT2D eigenvalue weighted by Gasteiger charge is 2.23. The average Bonchev–Trinajstić information content (AvgIpc) is 3.07. The normalized spacial score (nSPS) is 19.2. The van der Waals surface area contributed by atoms with E-state index in [2.05, 4.69) is 32.9 Å². The minimum atomic E-state index is -3.41. The number of nitrogens with one attached hydrogen (secondary N) is 2. The van der Waals surface area contributed by atoms with E-state index >= 15 is 0 Å². The molecule has 8 heteroatoms. The van der Waals surface area contributed by atoms with Gasteiger partial charge in [0.1, 0.15) is 4.90 Å². The van der Waals surface area contributed by atoms with Crippen molar-refractivity contribution in [2.75, 3.05) is 24.6 Å². The number of hydrogen-bond acceptors (Lipinski definition) is 5. The van der Waals surface area contributed by atoms with Gasteiger partial charge in [-0.3, -0.25) is 0 Å². The van der Waals surface area contributed by atoms with Gasteiger partial charge in [0.25, 0.3) is 0 Å². The van der Waals surface area contributed by atoms with Crippen molar-refractivity contribution >= 4 is 49.1 Å². The van der Waals surface area contributed by atoms with E-state index in [1.54, 1.807) is 6.07 Å². The van der Waals surface area contributed by atoms with Crippen molar-refractivity contribution < 1.29 is 8.42 Å². The van der Waals surface area contributed by atoms with Gasteiger partial charge in [-0.15, -0.1) is 11.3 Å². The number of rotatable bonds is 8. The Morgan fingerprint density at radius 2 is 2.29 bits per heavy atom. The third kappa shape index (κ3) is 5.21. The fourth-order valence-corrected chi connectivity index (χ4v) is 7.16. The number of thioether (sulfide) groups is 1. The monoisotopic (exact) mass is 412 g/mol. The molecule has 2 heterocycles. The summed E-state index contributed by atoms with van der Waals surface area (Å²) < 4.78 is 28.2. The lowest BCUT2D eigenvalue weighted by Gasteiger charge is -2.10. The molecule has 1 unspecified atom stereocenters. The van der Waals surface area contributed by atoms with Crippen molar-refractivity contribution in [3.8, 4) is 0 Å². The zero-order chi connectivity index (χ0) is 15.3. The molecular weight excluding hydrogens is 392 g/mol. The van der Waals surface area contributed by atoms with Crippen molar-refractivity contribution in [3.63, 3.8) is 0 Å². The van der Waals surface area contributed by atoms with Crippen molar-refractivity contribution in [1.82, 2.24) is 10.0 Å². The second-order valence-corrected chi connectivity index (χ2v) is 10.4. The van der Waals surface area contributed by atoms with Crippen LogP contribution in [0.2, 0.25) is 0 Å². The third-order valence-electron chi connectivity index (χ3n) is 3.31. The van der Waals surface area contributed by atoms with Gasteiger partial charge >= 0.3 is 0 Å². The van der Waals surface area contributed by atoms with E-state index in [1.165, 1.54) is 11.3 Å². The maximum Gasteiger partial charge on any atom is 0.242 e. The first-order valence-corrected chi connectivity index (χ1v) is 11.3. The van der Waals surface area contributed by atoms with Gasteiger partial charge in [0.05, 0.1) is 3.79 Å². The second-order valence-electron chi connectivity index (χ2n) is 5.11. The molecule has 1 aromatic rings. The first-order valence-electron chi connectivity index (χ1n) is 7.09. The standard InChI is InChI=1S/C13H21BrN2O2S3/c1-2-4-15-8-11-6-12(13(14)20-11)21(17,18)16-7-10-3-5-19-9-10/h6,10,15-16H,2-5,7-9H2,1H3. The lowest BCUT2D eigenvalue weighted by atomic mass is 10.1. The molecule has 0 aromatic carbocycles. The molecule has 0 radical (unpaired) electrons. The molecule has 1 aliphatic heterocycles. The number of sulfonamides is 1. The smallest absolute Gasteiger partial charge is 0.242 e. The van der Waals surface area contributed by atoms with E-state index in [0.717, 1.165) is 35.8 Å². The maximum atomic E-state index is 12.4. The average molecular weight is 413 g/mol. The topological polar surface area (TPSA) is 58.2 Å². The van der Waals surface area contributed by atoms with Crippen LogP contribution in [0.15, 0.2) is 14.7 Å². The van der Waals surface area contributed by atoms with Crippen molar-refractivity contribution in [2.24, 2.45) is 5.92 Å². The van der Waals surface area contributed by atoms with Crippen molar-refractivity contribution in [1.29, 1.82) is 0 Å². The fourth-order valence-electron chi connectivity index (χ4n) is 2.11. The molecule has 1 aliphatic rings. The van der Waals surface area contributed by atoms with Crippen LogP contribution in [0.1, 0.15) is 24.6 Å². The van der Waals surface area contributed by atoms with Crippen molar-refractivity contribution in [3.05, 3.63) is 14.7 Å². The van der Waals surface area contributed by atoms with Gasteiger partial charge in [-0.1, -0.05) is 6.92 Å². The molecule has 1 saturated heterocycles. The number of halogens is 1. The zero-order valence-corrected chi connectivity index (χ0v) is 16.1. The fraction of sp³-hybridized carbons (Fsp3) is 0.692. The zero-order valence-electron chi connectivity index (χ0n) is 12.0. The lowest BCUT2D eigenvalue weighted by molar-refractivity contribution is 0.545. The maximum absolute atomic E-state index is 12.4. The molecule has 4 nitrogen and oxygen atoms in total. The summed E-state index contributed by atoms with van der Waals surface area (Å²) in [7, 11) is -3.41. The van der Waals surface area contributed by atoms with Gasteiger partial charge in [0.15, 0.2) is 0 Å². The first kappa shape index (κ1) is 17.7. The van der Waals surface area contributed by atoms with Crippen LogP contribution >= 0.6 is 39.0 Å². The Morgan fingerprint density at radius 3 is 2.95 bits per heavy atom. The second kappa shape index (κ2) is 8.31. The molecular formula is C13H21BrN2O2S3. The Bertz CT molecular complexity index is 554. The molecule has 1 atom stereocenters. The molecule has 21 heavy (non-hydrogen) atoms. The Hall–Kier alpha value is 0.400. The first-order chi connectivity index (χ1) is 10.0. The van der Waals surface area contributed by atoms with Crippen LogP contribution in [-0.4, -0.2) is 33.0 Å². The molecule has 1 aromatic heterocycles. The van der Waals surface area contributed by atoms with Crippen LogP contribution in [0.3, 0.4) is 0 Å². The molecule has 2 N–H and O–H groups in total. The van der Waals surface area contributed by atoms with E-state index in [4.69, 9.17) is 0 Å². The van der Waals surface area contributed by atoms with Crippen LogP contribution in [-0.2, 0) is 16.6 Å². The highest BCUT2D eigenvalue weighted by Crippen LogP contribution is 2.32. The van der Waals surface area contributed by atoms with Gasteiger partial charge in [0.2, 0.25) is 10.0 Å². The predicted molar refractivity (Wildman–Crippen MR) is 94.6 cm³/mol. The summed E-state index contributed by atoms with van der Waals surface area (Å²) in [5.41, 5.74) is 0. The SMILES string of the molecule is CCCNCc1cc(S(=O)(=O)NCC2CCSC2)c(Br)s1. The van der Waals surface area contributed by atoms with Crippen molar-refractivity contribution in [2.45, 2.75) is 31.2 Å². The molecule has 0 aliphatic carbocycles. The number of thiophene rings is 1. The molecule has 0 amide bonds. The Balaban J connectivity index is 1.97. The van der Waals surface area contributed by atoms with E-state index in [9.17, 15) is 8.42 Å². The summed E-state index contributed by atoms with van der Waals surface area (Å²) in [6.07, 6.45) is 2.17. The van der Waals surface area contributed by atoms with Gasteiger partial charge in [-0.05, 0) is 58.8 Å². The van der Waals surface area contributed by atoms with E-state index in [1.807, 2.05) is 11.8 Å². The van der Waals surface area contributed by atoms with Crippen LogP contribution in [0.25, 0.3) is 0 Å². The summed E-state index contributed by atoms with van der Waals surface area (Å²) in [6, 6.07) is 1.77. The Kier molecular flexibility index (Phi) is 7.02. The van der Waals surface area contributed by atoms with Gasteiger partial charge < -0.3 is 5.32 Å². The molecule has 120 valence electrons. The largest absolute Gasteiger partial charge is 0.312 e. The van der Waals surface area contributed by atoms with Gasteiger partial charge in [-0.2, -0.15) is 11.8 Å². The van der Waals surface area contributed by atoms with Crippen LogP contribution in [0, 0.1) is 5.92 Å². The Labute approximate surface area is 143 Å². The Morgan fingerprint density at radius 1 is 1.48 bits per heavy atom. The van der Waals surface area contributed by atoms with E-state index < -0.39 is 10.0 Å². The van der Waals surface area contributed by atoms with Crippen LogP contribution in [0.5, 0.6) is 0 Å². The molecule has 0 saturated carbocycles. The van der Waals surface area contributed by atoms with E-state index in [-0.39, 0.29) is 0 Å². The van der Waals surface area contributed by atoms with Gasteiger partial charge in [0, 0.05) is 18.0 Å². The molecule has 2 rings (SSSR count). The third-order valence-corrected chi connectivity index (χ3v) is 8.22. The van der Waals surface area contributed by atoms with Gasteiger partial charge in [-0.25, -0.2) is 13.1 Å². The minimum absolute atomic E-state index is 0.367. The van der Waals surface area contributed by atoms with Crippen LogP contribution < -0.4 is 10.0 Å². The highest BCUT2D eigenvalue weighted by atomic mass is 79.9. The summed E-state index contributed by atoms with van der Waals surface area (Å²) in [5.74, 6) is 2.66. The highest BCUT2D eigenvalue weighted by molar-refractivity contribution is 9.11. The minimum Gasteiger partial charge on any atom is -0.312 e. The summed E-state index contributed by atoms with van der Waals surface area (Å²) in [6.45, 7) is 4.31. The number of hydrogen-bond donors (Lipinski definition) is 2.